The van der Waals surface area contributed by atoms with Crippen molar-refractivity contribution in [2.45, 2.75) is 63.5 Å². The largest absolute Gasteiger partial charge is 0.490 e. The van der Waals surface area contributed by atoms with Gasteiger partial charge in [0.15, 0.2) is 0 Å². The number of ether oxygens (including phenoxy) is 2. The molecule has 0 spiro atoms. The lowest BCUT2D eigenvalue weighted by Crippen LogP contribution is -2.46. The molecule has 6 nitrogen and oxygen atoms in total. The normalized spacial score (nSPS) is 30.8. The summed E-state index contributed by atoms with van der Waals surface area (Å²) in [5, 5.41) is 1.27. The molecule has 0 radical (unpaired) electrons. The van der Waals surface area contributed by atoms with Gasteiger partial charge in [0.1, 0.15) is 10.6 Å². The van der Waals surface area contributed by atoms with Crippen LogP contribution < -0.4 is 4.74 Å². The summed E-state index contributed by atoms with van der Waals surface area (Å²) in [6, 6.07) is 2.77. The summed E-state index contributed by atoms with van der Waals surface area (Å²) < 4.78 is 12.2. The number of aromatic nitrogens is 1. The smallest absolute Gasteiger partial charge is 0.219 e. The quantitative estimate of drug-likeness (QED) is 0.704. The summed E-state index contributed by atoms with van der Waals surface area (Å²) >= 11 is 1.84. The Labute approximate surface area is 193 Å². The van der Waals surface area contributed by atoms with Crippen LogP contribution in [-0.2, 0) is 16.0 Å². The van der Waals surface area contributed by atoms with Crippen molar-refractivity contribution >= 4 is 27.5 Å². The first-order valence-corrected chi connectivity index (χ1v) is 13.1. The number of carbonyl (C=O) groups excluding carboxylic acids is 1. The molecule has 4 aliphatic rings. The maximum Gasteiger partial charge on any atom is 0.219 e. The van der Waals surface area contributed by atoms with Gasteiger partial charge in [-0.3, -0.25) is 9.69 Å². The number of amides is 1. The van der Waals surface area contributed by atoms with Crippen molar-refractivity contribution in [2.75, 3.05) is 39.4 Å². The van der Waals surface area contributed by atoms with E-state index in [0.717, 1.165) is 75.7 Å². The molecule has 172 valence electrons. The Morgan fingerprint density at radius 1 is 1.16 bits per heavy atom. The minimum atomic E-state index is 0.210. The van der Waals surface area contributed by atoms with E-state index < -0.39 is 0 Å². The second-order valence-electron chi connectivity index (χ2n) is 9.95. The number of likely N-dealkylation sites (tertiary alicyclic amines) is 1. The summed E-state index contributed by atoms with van der Waals surface area (Å²) in [4.78, 5) is 23.9. The van der Waals surface area contributed by atoms with E-state index in [1.54, 1.807) is 6.92 Å². The van der Waals surface area contributed by atoms with Gasteiger partial charge in [0, 0.05) is 50.2 Å². The number of carbonyl (C=O) groups is 1. The van der Waals surface area contributed by atoms with Crippen molar-refractivity contribution in [3.63, 3.8) is 0 Å². The van der Waals surface area contributed by atoms with E-state index in [4.69, 9.17) is 14.5 Å². The van der Waals surface area contributed by atoms with E-state index in [1.165, 1.54) is 28.7 Å². The highest BCUT2D eigenvalue weighted by Gasteiger charge is 2.41. The minimum absolute atomic E-state index is 0.210. The van der Waals surface area contributed by atoms with Crippen molar-refractivity contribution in [3.8, 4) is 5.75 Å². The molecule has 2 aromatic heterocycles. The van der Waals surface area contributed by atoms with Crippen LogP contribution in [0, 0.1) is 5.92 Å². The molecule has 2 saturated heterocycles. The van der Waals surface area contributed by atoms with E-state index in [9.17, 15) is 4.79 Å². The Bertz CT molecular complexity index is 994. The van der Waals surface area contributed by atoms with Crippen LogP contribution in [0.25, 0.3) is 10.2 Å². The van der Waals surface area contributed by atoms with Crippen LogP contribution in [0.3, 0.4) is 0 Å². The number of nitrogens with zero attached hydrogens (tertiary/aromatic N) is 3. The third-order valence-corrected chi connectivity index (χ3v) is 9.30. The molecule has 3 fully saturated rings. The molecule has 2 aliphatic heterocycles. The van der Waals surface area contributed by atoms with Gasteiger partial charge in [-0.25, -0.2) is 4.98 Å². The van der Waals surface area contributed by atoms with E-state index in [0.29, 0.717) is 24.0 Å². The number of hydrogen-bond donors (Lipinski definition) is 0. The number of fused-ring (bicyclic) bond motifs is 5. The summed E-state index contributed by atoms with van der Waals surface area (Å²) in [6.45, 7) is 7.37. The molecule has 2 atom stereocenters. The second kappa shape index (κ2) is 8.58. The van der Waals surface area contributed by atoms with E-state index >= 15 is 0 Å². The lowest BCUT2D eigenvalue weighted by molar-refractivity contribution is -0.130. The van der Waals surface area contributed by atoms with Gasteiger partial charge in [0.2, 0.25) is 5.91 Å². The SMILES string of the molecule is CC(=O)N1CC[C@@H]2c3c(sc4nccc(OC5CCC(N6CCOCC6)CC5)c34)C[C@@H]2C1. The molecule has 32 heavy (non-hydrogen) atoms. The van der Waals surface area contributed by atoms with Crippen molar-refractivity contribution in [3.05, 3.63) is 22.7 Å². The minimum Gasteiger partial charge on any atom is -0.490 e. The number of piperidine rings is 1. The van der Waals surface area contributed by atoms with Crippen LogP contribution in [0.5, 0.6) is 5.75 Å². The summed E-state index contributed by atoms with van der Waals surface area (Å²) in [5.41, 5.74) is 1.49. The highest BCUT2D eigenvalue weighted by Crippen LogP contribution is 2.52. The van der Waals surface area contributed by atoms with Gasteiger partial charge in [-0.05, 0) is 62.0 Å². The van der Waals surface area contributed by atoms with Crippen LogP contribution in [0.4, 0.5) is 0 Å². The van der Waals surface area contributed by atoms with Crippen LogP contribution in [0.2, 0.25) is 0 Å². The molecule has 0 N–H and O–H groups in total. The first-order valence-electron chi connectivity index (χ1n) is 12.3. The molecule has 2 aromatic rings. The Kier molecular flexibility index (Phi) is 5.60. The Hall–Kier alpha value is -1.70. The fraction of sp³-hybridized carbons (Fsp3) is 0.680. The number of rotatable bonds is 3. The number of hydrogen-bond acceptors (Lipinski definition) is 6. The lowest BCUT2D eigenvalue weighted by Gasteiger charge is -2.38. The maximum absolute atomic E-state index is 11.9. The van der Waals surface area contributed by atoms with Crippen LogP contribution in [0.1, 0.15) is 55.4 Å². The van der Waals surface area contributed by atoms with Crippen molar-refractivity contribution in [1.29, 1.82) is 0 Å². The Morgan fingerprint density at radius 2 is 1.97 bits per heavy atom. The van der Waals surface area contributed by atoms with Gasteiger partial charge in [-0.1, -0.05) is 0 Å². The standard InChI is InChI=1S/C25H33N3O3S/c1-16(29)28-9-7-20-17(15-28)14-22-23(20)24-21(6-8-26-25(24)32-22)31-19-4-2-18(3-5-19)27-10-12-30-13-11-27/h6,8,17-20H,2-5,7,9-15H2,1H3/t17-,18?,19?,20+/m1/s1. The second-order valence-corrected chi connectivity index (χ2v) is 11.0. The average Bonchev–Trinajstić information content (AvgIpc) is 3.35. The van der Waals surface area contributed by atoms with Crippen LogP contribution >= 0.6 is 11.3 Å². The van der Waals surface area contributed by atoms with Crippen molar-refractivity contribution in [2.24, 2.45) is 5.92 Å². The van der Waals surface area contributed by atoms with E-state index in [2.05, 4.69) is 11.0 Å². The zero-order valence-electron chi connectivity index (χ0n) is 18.9. The van der Waals surface area contributed by atoms with E-state index in [1.807, 2.05) is 22.4 Å². The van der Waals surface area contributed by atoms with Crippen molar-refractivity contribution < 1.29 is 14.3 Å². The average molecular weight is 456 g/mol. The molecule has 4 heterocycles. The van der Waals surface area contributed by atoms with Gasteiger partial charge >= 0.3 is 0 Å². The summed E-state index contributed by atoms with van der Waals surface area (Å²) in [6.07, 6.45) is 9.02. The topological polar surface area (TPSA) is 54.9 Å². The van der Waals surface area contributed by atoms with Gasteiger partial charge in [0.25, 0.3) is 0 Å². The maximum atomic E-state index is 11.9. The van der Waals surface area contributed by atoms with E-state index in [-0.39, 0.29) is 5.91 Å². The van der Waals surface area contributed by atoms with Crippen LogP contribution in [-0.4, -0.2) is 72.2 Å². The molecule has 1 saturated carbocycles. The molecule has 6 rings (SSSR count). The summed E-state index contributed by atoms with van der Waals surface area (Å²) in [5.74, 6) is 2.34. The van der Waals surface area contributed by atoms with Gasteiger partial charge in [0.05, 0.1) is 24.7 Å². The number of pyridine rings is 1. The zero-order valence-corrected chi connectivity index (χ0v) is 19.7. The van der Waals surface area contributed by atoms with Gasteiger partial charge in [-0.15, -0.1) is 11.3 Å². The fourth-order valence-corrected chi connectivity index (χ4v) is 7.82. The zero-order chi connectivity index (χ0) is 21.7. The van der Waals surface area contributed by atoms with Crippen molar-refractivity contribution in [1.82, 2.24) is 14.8 Å². The molecular formula is C25H33N3O3S. The molecule has 7 heteroatoms. The van der Waals surface area contributed by atoms with Crippen LogP contribution in [0.15, 0.2) is 12.3 Å². The highest BCUT2D eigenvalue weighted by molar-refractivity contribution is 7.19. The molecule has 0 aromatic carbocycles. The predicted octanol–water partition coefficient (Wildman–Crippen LogP) is 3.83. The molecule has 1 amide bonds. The summed E-state index contributed by atoms with van der Waals surface area (Å²) in [7, 11) is 0. The number of morpholine rings is 1. The highest BCUT2D eigenvalue weighted by atomic mass is 32.1. The number of thiophene rings is 1. The third kappa shape index (κ3) is 3.72. The fourth-order valence-electron chi connectivity index (χ4n) is 6.50. The van der Waals surface area contributed by atoms with Gasteiger partial charge < -0.3 is 14.4 Å². The monoisotopic (exact) mass is 455 g/mol. The molecular weight excluding hydrogens is 422 g/mol. The molecule has 0 unspecified atom stereocenters. The Balaban J connectivity index is 1.19. The first kappa shape index (κ1) is 20.9. The Morgan fingerprint density at radius 3 is 2.75 bits per heavy atom. The first-order chi connectivity index (χ1) is 15.7. The molecule has 0 bridgehead atoms. The third-order valence-electron chi connectivity index (χ3n) is 8.16. The lowest BCUT2D eigenvalue weighted by atomic mass is 9.85. The molecule has 2 aliphatic carbocycles. The van der Waals surface area contributed by atoms with Gasteiger partial charge in [-0.2, -0.15) is 0 Å². The predicted molar refractivity (Wildman–Crippen MR) is 125 cm³/mol.